The number of ether oxygens (including phenoxy) is 1. The maximum absolute atomic E-state index is 6.15. The number of nitrogens with two attached hydrogens (primary N) is 1. The molecule has 0 heterocycles. The van der Waals surface area contributed by atoms with Crippen LogP contribution in [0.4, 0.5) is 0 Å². The van der Waals surface area contributed by atoms with Crippen molar-refractivity contribution in [3.05, 3.63) is 27.2 Å². The largest absolute Gasteiger partial charge is 0.495 e. The van der Waals surface area contributed by atoms with Gasteiger partial charge in [-0.15, -0.1) is 0 Å². The van der Waals surface area contributed by atoms with Crippen molar-refractivity contribution in [2.75, 3.05) is 7.11 Å². The molecular formula is C12H17BrClNO. The highest BCUT2D eigenvalue weighted by Crippen LogP contribution is 2.36. The van der Waals surface area contributed by atoms with Gasteiger partial charge in [0.05, 0.1) is 11.6 Å². The number of benzene rings is 1. The second kappa shape index (κ2) is 5.89. The maximum atomic E-state index is 6.15. The second-order valence-corrected chi connectivity index (χ2v) is 5.54. The third-order valence-electron chi connectivity index (χ3n) is 2.37. The molecule has 0 aliphatic rings. The predicted molar refractivity (Wildman–Crippen MR) is 72.1 cm³/mol. The fraction of sp³-hybridized carbons (Fsp3) is 0.500. The fourth-order valence-electron chi connectivity index (χ4n) is 1.71. The molecule has 1 rings (SSSR count). The first-order valence-corrected chi connectivity index (χ1v) is 6.41. The third kappa shape index (κ3) is 3.37. The minimum atomic E-state index is -0.0510. The Morgan fingerprint density at radius 3 is 2.56 bits per heavy atom. The number of methoxy groups -OCH3 is 1. The molecule has 0 amide bonds. The molecular weight excluding hydrogens is 289 g/mol. The Balaban J connectivity index is 3.10. The zero-order valence-corrected chi connectivity index (χ0v) is 12.1. The Labute approximate surface area is 110 Å². The molecule has 2 nitrogen and oxygen atoms in total. The topological polar surface area (TPSA) is 35.2 Å². The van der Waals surface area contributed by atoms with Crippen molar-refractivity contribution in [2.24, 2.45) is 11.7 Å². The standard InChI is InChI=1S/C12H17BrClNO/c1-7(2)4-11(15)9-5-8(14)6-10(13)12(9)16-3/h5-7,11H,4,15H2,1-3H3. The van der Waals surface area contributed by atoms with E-state index in [4.69, 9.17) is 22.1 Å². The molecule has 16 heavy (non-hydrogen) atoms. The Hall–Kier alpha value is -0.250. The molecule has 0 aromatic heterocycles. The van der Waals surface area contributed by atoms with E-state index in [0.29, 0.717) is 10.9 Å². The van der Waals surface area contributed by atoms with Crippen LogP contribution in [0.1, 0.15) is 31.9 Å². The lowest BCUT2D eigenvalue weighted by atomic mass is 9.97. The van der Waals surface area contributed by atoms with Crippen LogP contribution in [-0.4, -0.2) is 7.11 Å². The van der Waals surface area contributed by atoms with Crippen LogP contribution in [0.3, 0.4) is 0 Å². The highest BCUT2D eigenvalue weighted by atomic mass is 79.9. The summed E-state index contributed by atoms with van der Waals surface area (Å²) in [5.41, 5.74) is 7.10. The lowest BCUT2D eigenvalue weighted by molar-refractivity contribution is 0.397. The molecule has 1 atom stereocenters. The van der Waals surface area contributed by atoms with E-state index in [1.165, 1.54) is 0 Å². The summed E-state index contributed by atoms with van der Waals surface area (Å²) in [5.74, 6) is 1.31. The third-order valence-corrected chi connectivity index (χ3v) is 3.17. The molecule has 1 aromatic rings. The van der Waals surface area contributed by atoms with Gasteiger partial charge in [0.2, 0.25) is 0 Å². The molecule has 0 aliphatic heterocycles. The van der Waals surface area contributed by atoms with Crippen LogP contribution in [0.25, 0.3) is 0 Å². The average Bonchev–Trinajstić information content (AvgIpc) is 2.15. The van der Waals surface area contributed by atoms with Crippen LogP contribution in [0, 0.1) is 5.92 Å². The van der Waals surface area contributed by atoms with Gasteiger partial charge in [0.15, 0.2) is 0 Å². The molecule has 1 aromatic carbocycles. The molecule has 0 fully saturated rings. The quantitative estimate of drug-likeness (QED) is 0.906. The van der Waals surface area contributed by atoms with Crippen molar-refractivity contribution in [1.29, 1.82) is 0 Å². The summed E-state index contributed by atoms with van der Waals surface area (Å²) in [4.78, 5) is 0. The van der Waals surface area contributed by atoms with Gasteiger partial charge < -0.3 is 10.5 Å². The van der Waals surface area contributed by atoms with Gasteiger partial charge in [0.1, 0.15) is 5.75 Å². The summed E-state index contributed by atoms with van der Waals surface area (Å²) in [7, 11) is 1.64. The van der Waals surface area contributed by atoms with E-state index in [9.17, 15) is 0 Å². The zero-order valence-electron chi connectivity index (χ0n) is 9.76. The summed E-state index contributed by atoms with van der Waals surface area (Å²) in [6.07, 6.45) is 0.906. The summed E-state index contributed by atoms with van der Waals surface area (Å²) >= 11 is 9.45. The SMILES string of the molecule is COc1c(Br)cc(Cl)cc1C(N)CC(C)C. The van der Waals surface area contributed by atoms with E-state index in [1.807, 2.05) is 12.1 Å². The van der Waals surface area contributed by atoms with Gasteiger partial charge in [-0.25, -0.2) is 0 Å². The molecule has 2 N–H and O–H groups in total. The van der Waals surface area contributed by atoms with Gasteiger partial charge in [0.25, 0.3) is 0 Å². The smallest absolute Gasteiger partial charge is 0.137 e. The normalized spacial score (nSPS) is 12.9. The van der Waals surface area contributed by atoms with Crippen molar-refractivity contribution in [3.8, 4) is 5.75 Å². The molecule has 0 bridgehead atoms. The molecule has 0 saturated carbocycles. The van der Waals surface area contributed by atoms with Crippen molar-refractivity contribution in [2.45, 2.75) is 26.3 Å². The summed E-state index contributed by atoms with van der Waals surface area (Å²) in [6, 6.07) is 3.63. The van der Waals surface area contributed by atoms with Gasteiger partial charge in [-0.05, 0) is 40.4 Å². The number of halogens is 2. The minimum absolute atomic E-state index is 0.0510. The van der Waals surface area contributed by atoms with Crippen LogP contribution >= 0.6 is 27.5 Å². The molecule has 0 saturated heterocycles. The molecule has 90 valence electrons. The maximum Gasteiger partial charge on any atom is 0.137 e. The van der Waals surface area contributed by atoms with Crippen molar-refractivity contribution in [1.82, 2.24) is 0 Å². The zero-order chi connectivity index (χ0) is 12.3. The molecule has 0 radical (unpaired) electrons. The first-order chi connectivity index (χ1) is 7.45. The highest BCUT2D eigenvalue weighted by Gasteiger charge is 2.16. The van der Waals surface area contributed by atoms with Crippen LogP contribution in [0.15, 0.2) is 16.6 Å². The summed E-state index contributed by atoms with van der Waals surface area (Å²) in [5, 5.41) is 0.668. The highest BCUT2D eigenvalue weighted by molar-refractivity contribution is 9.10. The van der Waals surface area contributed by atoms with E-state index in [-0.39, 0.29) is 6.04 Å². The van der Waals surface area contributed by atoms with Gasteiger partial charge in [-0.1, -0.05) is 25.4 Å². The van der Waals surface area contributed by atoms with Gasteiger partial charge in [0, 0.05) is 16.6 Å². The predicted octanol–water partition coefficient (Wildman–Crippen LogP) is 4.16. The Kier molecular flexibility index (Phi) is 5.09. The van der Waals surface area contributed by atoms with Gasteiger partial charge in [-0.2, -0.15) is 0 Å². The molecule has 4 heteroatoms. The summed E-state index contributed by atoms with van der Waals surface area (Å²) < 4.78 is 6.19. The van der Waals surface area contributed by atoms with Crippen LogP contribution in [0.5, 0.6) is 5.75 Å². The lowest BCUT2D eigenvalue weighted by Crippen LogP contribution is -2.14. The second-order valence-electron chi connectivity index (χ2n) is 4.25. The number of hydrogen-bond donors (Lipinski definition) is 1. The van der Waals surface area contributed by atoms with E-state index in [1.54, 1.807) is 7.11 Å². The average molecular weight is 307 g/mol. The molecule has 0 spiro atoms. The van der Waals surface area contributed by atoms with Crippen molar-refractivity contribution >= 4 is 27.5 Å². The van der Waals surface area contributed by atoms with E-state index >= 15 is 0 Å². The first-order valence-electron chi connectivity index (χ1n) is 5.24. The number of rotatable bonds is 4. The van der Waals surface area contributed by atoms with E-state index in [2.05, 4.69) is 29.8 Å². The first kappa shape index (κ1) is 13.8. The van der Waals surface area contributed by atoms with E-state index < -0.39 is 0 Å². The fourth-order valence-corrected chi connectivity index (χ4v) is 2.70. The van der Waals surface area contributed by atoms with Crippen LogP contribution < -0.4 is 10.5 Å². The van der Waals surface area contributed by atoms with Crippen LogP contribution in [-0.2, 0) is 0 Å². The Morgan fingerprint density at radius 1 is 1.44 bits per heavy atom. The monoisotopic (exact) mass is 305 g/mol. The van der Waals surface area contributed by atoms with Crippen molar-refractivity contribution in [3.63, 3.8) is 0 Å². The van der Waals surface area contributed by atoms with Crippen molar-refractivity contribution < 1.29 is 4.74 Å². The van der Waals surface area contributed by atoms with Gasteiger partial charge >= 0.3 is 0 Å². The van der Waals surface area contributed by atoms with E-state index in [0.717, 1.165) is 22.2 Å². The minimum Gasteiger partial charge on any atom is -0.495 e. The summed E-state index contributed by atoms with van der Waals surface area (Å²) in [6.45, 7) is 4.29. The molecule has 1 unspecified atom stereocenters. The molecule has 0 aliphatic carbocycles. The number of hydrogen-bond acceptors (Lipinski definition) is 2. The lowest BCUT2D eigenvalue weighted by Gasteiger charge is -2.18. The Morgan fingerprint density at radius 2 is 2.06 bits per heavy atom. The Bertz CT molecular complexity index is 368. The van der Waals surface area contributed by atoms with Gasteiger partial charge in [-0.3, -0.25) is 0 Å². The van der Waals surface area contributed by atoms with Crippen LogP contribution in [0.2, 0.25) is 5.02 Å².